The standard InChI is InChI=1S/C15H24N2O2/c1-4-11(2)17-12(3)9-14(18)15(19)13(17)10-16-7-5-6-8-16/h9,11,19H,4-8,10H2,1-3H3. The van der Waals surface area contributed by atoms with Crippen molar-refractivity contribution >= 4 is 0 Å². The van der Waals surface area contributed by atoms with E-state index in [1.165, 1.54) is 18.9 Å². The lowest BCUT2D eigenvalue weighted by atomic mass is 10.1. The average molecular weight is 264 g/mol. The molecule has 19 heavy (non-hydrogen) atoms. The van der Waals surface area contributed by atoms with Gasteiger partial charge < -0.3 is 9.67 Å². The molecular formula is C15H24N2O2. The number of aryl methyl sites for hydroxylation is 1. The smallest absolute Gasteiger partial charge is 0.223 e. The van der Waals surface area contributed by atoms with Crippen LogP contribution in [0.3, 0.4) is 0 Å². The van der Waals surface area contributed by atoms with Crippen molar-refractivity contribution in [1.82, 2.24) is 9.47 Å². The van der Waals surface area contributed by atoms with Gasteiger partial charge in [0, 0.05) is 24.3 Å². The summed E-state index contributed by atoms with van der Waals surface area (Å²) >= 11 is 0. The molecule has 0 amide bonds. The third kappa shape index (κ3) is 2.84. The summed E-state index contributed by atoms with van der Waals surface area (Å²) in [5.41, 5.74) is 1.46. The second-order valence-corrected chi connectivity index (χ2v) is 5.56. The summed E-state index contributed by atoms with van der Waals surface area (Å²) in [6, 6.07) is 1.83. The van der Waals surface area contributed by atoms with Crippen molar-refractivity contribution in [2.24, 2.45) is 0 Å². The summed E-state index contributed by atoms with van der Waals surface area (Å²) in [5, 5.41) is 10.1. The largest absolute Gasteiger partial charge is 0.503 e. The van der Waals surface area contributed by atoms with Crippen molar-refractivity contribution in [1.29, 1.82) is 0 Å². The zero-order chi connectivity index (χ0) is 14.0. The molecule has 1 aromatic rings. The van der Waals surface area contributed by atoms with E-state index in [0.717, 1.165) is 30.9 Å². The molecule has 1 N–H and O–H groups in total. The Balaban J connectivity index is 2.44. The van der Waals surface area contributed by atoms with E-state index in [1.807, 2.05) is 6.92 Å². The number of aromatic nitrogens is 1. The highest BCUT2D eigenvalue weighted by Crippen LogP contribution is 2.24. The maximum Gasteiger partial charge on any atom is 0.223 e. The number of nitrogens with zero attached hydrogens (tertiary/aromatic N) is 2. The van der Waals surface area contributed by atoms with E-state index < -0.39 is 0 Å². The molecule has 0 spiro atoms. The van der Waals surface area contributed by atoms with Crippen molar-refractivity contribution in [3.8, 4) is 5.75 Å². The van der Waals surface area contributed by atoms with Gasteiger partial charge in [-0.3, -0.25) is 9.69 Å². The molecule has 0 radical (unpaired) electrons. The van der Waals surface area contributed by atoms with Crippen LogP contribution in [0.5, 0.6) is 5.75 Å². The van der Waals surface area contributed by atoms with Gasteiger partial charge in [0.05, 0.1) is 5.69 Å². The first-order valence-corrected chi connectivity index (χ1v) is 7.21. The molecule has 1 fully saturated rings. The molecule has 0 aromatic carbocycles. The molecule has 2 heterocycles. The molecular weight excluding hydrogens is 240 g/mol. The zero-order valence-corrected chi connectivity index (χ0v) is 12.1. The normalized spacial score (nSPS) is 17.8. The van der Waals surface area contributed by atoms with Crippen LogP contribution in [0.2, 0.25) is 0 Å². The van der Waals surface area contributed by atoms with E-state index in [0.29, 0.717) is 12.6 Å². The first kappa shape index (κ1) is 14.1. The van der Waals surface area contributed by atoms with Crippen molar-refractivity contribution < 1.29 is 5.11 Å². The lowest BCUT2D eigenvalue weighted by Crippen LogP contribution is -2.26. The average Bonchev–Trinajstić information content (AvgIpc) is 2.88. The summed E-state index contributed by atoms with van der Waals surface area (Å²) in [6.45, 7) is 8.99. The van der Waals surface area contributed by atoms with Gasteiger partial charge in [-0.1, -0.05) is 6.92 Å². The van der Waals surface area contributed by atoms with Crippen molar-refractivity contribution in [2.45, 2.75) is 52.6 Å². The van der Waals surface area contributed by atoms with Crippen molar-refractivity contribution in [3.05, 3.63) is 27.7 Å². The number of rotatable bonds is 4. The molecule has 0 saturated carbocycles. The van der Waals surface area contributed by atoms with E-state index in [9.17, 15) is 9.90 Å². The fourth-order valence-electron chi connectivity index (χ4n) is 2.90. The minimum absolute atomic E-state index is 0.0715. The Bertz CT molecular complexity index is 502. The molecule has 1 aliphatic rings. The molecule has 1 aliphatic heterocycles. The van der Waals surface area contributed by atoms with Gasteiger partial charge in [0.1, 0.15) is 0 Å². The SMILES string of the molecule is CCC(C)n1c(C)cc(=O)c(O)c1CN1CCCC1. The first-order valence-electron chi connectivity index (χ1n) is 7.21. The van der Waals surface area contributed by atoms with Crippen molar-refractivity contribution in [3.63, 3.8) is 0 Å². The Morgan fingerprint density at radius 2 is 2.00 bits per heavy atom. The summed E-state index contributed by atoms with van der Waals surface area (Å²) in [6.07, 6.45) is 3.40. The Morgan fingerprint density at radius 3 is 2.58 bits per heavy atom. The third-order valence-electron chi connectivity index (χ3n) is 4.12. The van der Waals surface area contributed by atoms with E-state index in [1.54, 1.807) is 0 Å². The highest BCUT2D eigenvalue weighted by Gasteiger charge is 2.20. The van der Waals surface area contributed by atoms with Crippen LogP contribution in [0.1, 0.15) is 50.5 Å². The van der Waals surface area contributed by atoms with E-state index in [2.05, 4.69) is 23.3 Å². The summed E-state index contributed by atoms with van der Waals surface area (Å²) < 4.78 is 2.12. The van der Waals surface area contributed by atoms with Gasteiger partial charge in [-0.05, 0) is 46.2 Å². The van der Waals surface area contributed by atoms with Crippen LogP contribution in [0.25, 0.3) is 0 Å². The number of aromatic hydroxyl groups is 1. The fraction of sp³-hybridized carbons (Fsp3) is 0.667. The van der Waals surface area contributed by atoms with Crippen LogP contribution in [0, 0.1) is 6.92 Å². The minimum atomic E-state index is -0.258. The van der Waals surface area contributed by atoms with Gasteiger partial charge >= 0.3 is 0 Å². The highest BCUT2D eigenvalue weighted by molar-refractivity contribution is 5.30. The van der Waals surface area contributed by atoms with Crippen LogP contribution in [-0.2, 0) is 6.54 Å². The third-order valence-corrected chi connectivity index (χ3v) is 4.12. The van der Waals surface area contributed by atoms with Crippen LogP contribution < -0.4 is 5.43 Å². The number of hydrogen-bond donors (Lipinski definition) is 1. The van der Waals surface area contributed by atoms with E-state index in [-0.39, 0.29) is 11.2 Å². The second-order valence-electron chi connectivity index (χ2n) is 5.56. The summed E-state index contributed by atoms with van der Waals surface area (Å²) in [4.78, 5) is 14.1. The summed E-state index contributed by atoms with van der Waals surface area (Å²) in [5.74, 6) is -0.0715. The van der Waals surface area contributed by atoms with Gasteiger partial charge in [0.15, 0.2) is 5.75 Å². The molecule has 1 atom stereocenters. The van der Waals surface area contributed by atoms with Crippen LogP contribution in [0.15, 0.2) is 10.9 Å². The van der Waals surface area contributed by atoms with E-state index >= 15 is 0 Å². The lowest BCUT2D eigenvalue weighted by Gasteiger charge is -2.26. The number of pyridine rings is 1. The van der Waals surface area contributed by atoms with Crippen LogP contribution >= 0.6 is 0 Å². The lowest BCUT2D eigenvalue weighted by molar-refractivity contribution is 0.302. The van der Waals surface area contributed by atoms with Gasteiger partial charge in [-0.2, -0.15) is 0 Å². The molecule has 106 valence electrons. The first-order chi connectivity index (χ1) is 9.04. The summed E-state index contributed by atoms with van der Waals surface area (Å²) in [7, 11) is 0. The van der Waals surface area contributed by atoms with Gasteiger partial charge in [-0.15, -0.1) is 0 Å². The molecule has 1 aromatic heterocycles. The fourth-order valence-corrected chi connectivity index (χ4v) is 2.90. The van der Waals surface area contributed by atoms with Crippen LogP contribution in [0.4, 0.5) is 0 Å². The Morgan fingerprint density at radius 1 is 1.37 bits per heavy atom. The predicted molar refractivity (Wildman–Crippen MR) is 76.6 cm³/mol. The molecule has 1 unspecified atom stereocenters. The van der Waals surface area contributed by atoms with Crippen LogP contribution in [-0.4, -0.2) is 27.7 Å². The van der Waals surface area contributed by atoms with Gasteiger partial charge in [-0.25, -0.2) is 0 Å². The maximum atomic E-state index is 11.8. The van der Waals surface area contributed by atoms with Gasteiger partial charge in [0.25, 0.3) is 0 Å². The topological polar surface area (TPSA) is 45.5 Å². The number of hydrogen-bond acceptors (Lipinski definition) is 3. The van der Waals surface area contributed by atoms with E-state index in [4.69, 9.17) is 0 Å². The molecule has 0 aliphatic carbocycles. The zero-order valence-electron chi connectivity index (χ0n) is 12.1. The minimum Gasteiger partial charge on any atom is -0.503 e. The predicted octanol–water partition coefficient (Wildman–Crippen LogP) is 2.43. The Hall–Kier alpha value is -1.29. The molecule has 0 bridgehead atoms. The maximum absolute atomic E-state index is 11.8. The molecule has 4 nitrogen and oxygen atoms in total. The molecule has 1 saturated heterocycles. The second kappa shape index (κ2) is 5.78. The number of likely N-dealkylation sites (tertiary alicyclic amines) is 1. The molecule has 2 rings (SSSR count). The monoisotopic (exact) mass is 264 g/mol. The Kier molecular flexibility index (Phi) is 4.30. The van der Waals surface area contributed by atoms with Gasteiger partial charge in [0.2, 0.25) is 5.43 Å². The Labute approximate surface area is 114 Å². The quantitative estimate of drug-likeness (QED) is 0.908. The molecule has 4 heteroatoms. The van der Waals surface area contributed by atoms with Crippen molar-refractivity contribution in [2.75, 3.05) is 13.1 Å². The highest BCUT2D eigenvalue weighted by atomic mass is 16.3.